The largest absolute Gasteiger partial charge is 0.375 e. The Kier molecular flexibility index (Phi) is 5.58. The van der Waals surface area contributed by atoms with Gasteiger partial charge < -0.3 is 15.0 Å². The monoisotopic (exact) mass is 242 g/mol. The fraction of sp³-hybridized carbons (Fsp3) is 0.833. The molecule has 1 aliphatic heterocycles. The number of likely N-dealkylation sites (tertiary alicyclic amines) is 1. The molecule has 5 nitrogen and oxygen atoms in total. The van der Waals surface area contributed by atoms with E-state index in [1.807, 2.05) is 13.8 Å². The molecule has 0 aromatic carbocycles. The molecule has 0 spiro atoms. The van der Waals surface area contributed by atoms with Crippen LogP contribution in [-0.2, 0) is 14.3 Å². The average molecular weight is 242 g/mol. The van der Waals surface area contributed by atoms with Crippen LogP contribution in [0.15, 0.2) is 0 Å². The Bertz CT molecular complexity index is 275. The Morgan fingerprint density at radius 2 is 2.06 bits per heavy atom. The third-order valence-corrected chi connectivity index (χ3v) is 2.99. The van der Waals surface area contributed by atoms with Crippen LogP contribution in [0.5, 0.6) is 0 Å². The summed E-state index contributed by atoms with van der Waals surface area (Å²) >= 11 is 0. The molecule has 1 saturated heterocycles. The summed E-state index contributed by atoms with van der Waals surface area (Å²) < 4.78 is 5.35. The zero-order chi connectivity index (χ0) is 12.8. The number of ketones is 1. The van der Waals surface area contributed by atoms with E-state index < -0.39 is 0 Å². The van der Waals surface area contributed by atoms with Crippen molar-refractivity contribution in [2.75, 3.05) is 26.7 Å². The molecule has 1 rings (SSSR count). The highest BCUT2D eigenvalue weighted by atomic mass is 16.5. The molecule has 0 radical (unpaired) electrons. The molecule has 0 aromatic heterocycles. The summed E-state index contributed by atoms with van der Waals surface area (Å²) in [6.45, 7) is 5.66. The third-order valence-electron chi connectivity index (χ3n) is 2.99. The van der Waals surface area contributed by atoms with Crippen molar-refractivity contribution in [3.8, 4) is 0 Å². The lowest BCUT2D eigenvalue weighted by molar-refractivity contribution is -0.154. The van der Waals surface area contributed by atoms with Gasteiger partial charge in [0.2, 0.25) is 5.78 Å². The van der Waals surface area contributed by atoms with Crippen LogP contribution in [0, 0.1) is 0 Å². The number of carbonyl (C=O) groups is 2. The number of hydrogen-bond acceptors (Lipinski definition) is 4. The molecule has 17 heavy (non-hydrogen) atoms. The first kappa shape index (κ1) is 14.1. The number of Topliss-reactive ketones (excluding diaryl/α,β-unsaturated/α-hetero) is 1. The zero-order valence-electron chi connectivity index (χ0n) is 10.9. The van der Waals surface area contributed by atoms with Crippen molar-refractivity contribution < 1.29 is 14.3 Å². The van der Waals surface area contributed by atoms with Gasteiger partial charge in [0.25, 0.3) is 5.91 Å². The van der Waals surface area contributed by atoms with Crippen molar-refractivity contribution in [2.24, 2.45) is 0 Å². The SMILES string of the molecule is CCCC(NC)C(=O)C(=O)N1CC(OCC)C1. The first-order valence-corrected chi connectivity index (χ1v) is 6.25. The molecule has 0 saturated carbocycles. The van der Waals surface area contributed by atoms with E-state index in [1.54, 1.807) is 11.9 Å². The number of ether oxygens (including phenoxy) is 1. The molecule has 0 bridgehead atoms. The van der Waals surface area contributed by atoms with Crippen molar-refractivity contribution in [3.63, 3.8) is 0 Å². The normalized spacial score (nSPS) is 17.7. The Hall–Kier alpha value is -0.940. The summed E-state index contributed by atoms with van der Waals surface area (Å²) in [5.41, 5.74) is 0. The predicted molar refractivity (Wildman–Crippen MR) is 64.8 cm³/mol. The summed E-state index contributed by atoms with van der Waals surface area (Å²) in [6, 6.07) is -0.348. The molecular formula is C12H22N2O3. The van der Waals surface area contributed by atoms with Gasteiger partial charge in [0.1, 0.15) is 0 Å². The average Bonchev–Trinajstić information content (AvgIpc) is 2.28. The number of nitrogens with one attached hydrogen (secondary N) is 1. The quantitative estimate of drug-likeness (QED) is 0.648. The Morgan fingerprint density at radius 3 is 2.53 bits per heavy atom. The van der Waals surface area contributed by atoms with Gasteiger partial charge in [-0.25, -0.2) is 0 Å². The predicted octanol–water partition coefficient (Wildman–Crippen LogP) is 0.191. The second kappa shape index (κ2) is 6.71. The first-order valence-electron chi connectivity index (χ1n) is 6.25. The van der Waals surface area contributed by atoms with Gasteiger partial charge in [-0.05, 0) is 20.4 Å². The van der Waals surface area contributed by atoms with Gasteiger partial charge in [0.15, 0.2) is 0 Å². The number of rotatable bonds is 7. The first-order chi connectivity index (χ1) is 8.13. The maximum absolute atomic E-state index is 11.9. The number of amides is 1. The van der Waals surface area contributed by atoms with Crippen LogP contribution < -0.4 is 5.32 Å². The lowest BCUT2D eigenvalue weighted by Crippen LogP contribution is -2.58. The van der Waals surface area contributed by atoms with Gasteiger partial charge in [0, 0.05) is 19.7 Å². The van der Waals surface area contributed by atoms with E-state index in [9.17, 15) is 9.59 Å². The van der Waals surface area contributed by atoms with Crippen molar-refractivity contribution in [1.82, 2.24) is 10.2 Å². The van der Waals surface area contributed by atoms with Crippen LogP contribution >= 0.6 is 0 Å². The van der Waals surface area contributed by atoms with E-state index in [0.717, 1.165) is 6.42 Å². The topological polar surface area (TPSA) is 58.6 Å². The smallest absolute Gasteiger partial charge is 0.291 e. The minimum atomic E-state index is -0.381. The van der Waals surface area contributed by atoms with E-state index in [1.165, 1.54) is 0 Å². The lowest BCUT2D eigenvalue weighted by Gasteiger charge is -2.38. The highest BCUT2D eigenvalue weighted by Gasteiger charge is 2.36. The summed E-state index contributed by atoms with van der Waals surface area (Å²) in [7, 11) is 1.71. The Morgan fingerprint density at radius 1 is 1.41 bits per heavy atom. The standard InChI is InChI=1S/C12H22N2O3/c1-4-6-10(13-3)11(15)12(16)14-7-9(8-14)17-5-2/h9-10,13H,4-8H2,1-3H3. The third kappa shape index (κ3) is 3.51. The molecular weight excluding hydrogens is 220 g/mol. The van der Waals surface area contributed by atoms with E-state index in [2.05, 4.69) is 5.32 Å². The number of nitrogens with zero attached hydrogens (tertiary/aromatic N) is 1. The maximum Gasteiger partial charge on any atom is 0.291 e. The molecule has 5 heteroatoms. The molecule has 0 aliphatic carbocycles. The van der Waals surface area contributed by atoms with Crippen LogP contribution in [0.1, 0.15) is 26.7 Å². The summed E-state index contributed by atoms with van der Waals surface area (Å²) in [5, 5.41) is 2.89. The van der Waals surface area contributed by atoms with Crippen molar-refractivity contribution in [3.05, 3.63) is 0 Å². The van der Waals surface area contributed by atoms with Gasteiger partial charge in [-0.2, -0.15) is 0 Å². The van der Waals surface area contributed by atoms with Gasteiger partial charge in [0.05, 0.1) is 12.1 Å². The van der Waals surface area contributed by atoms with Crippen molar-refractivity contribution in [2.45, 2.75) is 38.8 Å². The van der Waals surface area contributed by atoms with E-state index in [4.69, 9.17) is 4.74 Å². The molecule has 1 amide bonds. The van der Waals surface area contributed by atoms with Crippen molar-refractivity contribution >= 4 is 11.7 Å². The minimum Gasteiger partial charge on any atom is -0.375 e. The highest BCUT2D eigenvalue weighted by Crippen LogP contribution is 2.13. The van der Waals surface area contributed by atoms with Gasteiger partial charge >= 0.3 is 0 Å². The lowest BCUT2D eigenvalue weighted by atomic mass is 10.0. The molecule has 0 aromatic rings. The van der Waals surface area contributed by atoms with Crippen molar-refractivity contribution in [1.29, 1.82) is 0 Å². The number of carbonyl (C=O) groups excluding carboxylic acids is 2. The fourth-order valence-corrected chi connectivity index (χ4v) is 1.95. The summed E-state index contributed by atoms with van der Waals surface area (Å²) in [5.74, 6) is -0.710. The molecule has 1 N–H and O–H groups in total. The molecule has 98 valence electrons. The summed E-state index contributed by atoms with van der Waals surface area (Å²) in [4.78, 5) is 25.3. The Balaban J connectivity index is 2.40. The van der Waals surface area contributed by atoms with E-state index in [0.29, 0.717) is 26.1 Å². The highest BCUT2D eigenvalue weighted by molar-refractivity contribution is 6.38. The van der Waals surface area contributed by atoms with Gasteiger partial charge in [-0.3, -0.25) is 9.59 Å². The molecule has 1 fully saturated rings. The van der Waals surface area contributed by atoms with Crippen LogP contribution in [0.2, 0.25) is 0 Å². The summed E-state index contributed by atoms with van der Waals surface area (Å²) in [6.07, 6.45) is 1.69. The minimum absolute atomic E-state index is 0.107. The molecule has 1 atom stereocenters. The van der Waals surface area contributed by atoms with Gasteiger partial charge in [-0.15, -0.1) is 0 Å². The van der Waals surface area contributed by atoms with E-state index >= 15 is 0 Å². The van der Waals surface area contributed by atoms with E-state index in [-0.39, 0.29) is 23.8 Å². The number of likely N-dealkylation sites (N-methyl/N-ethyl adjacent to an activating group) is 1. The Labute approximate surface area is 102 Å². The van der Waals surface area contributed by atoms with Crippen LogP contribution in [-0.4, -0.2) is 55.5 Å². The second-order valence-corrected chi connectivity index (χ2v) is 4.28. The van der Waals surface area contributed by atoms with Gasteiger partial charge in [-0.1, -0.05) is 13.3 Å². The van der Waals surface area contributed by atoms with Crippen LogP contribution in [0.25, 0.3) is 0 Å². The van der Waals surface area contributed by atoms with Crippen LogP contribution in [0.3, 0.4) is 0 Å². The molecule has 1 aliphatic rings. The molecule has 1 heterocycles. The molecule has 1 unspecified atom stereocenters. The fourth-order valence-electron chi connectivity index (χ4n) is 1.95. The second-order valence-electron chi connectivity index (χ2n) is 4.28. The van der Waals surface area contributed by atoms with Crippen LogP contribution in [0.4, 0.5) is 0 Å². The number of hydrogen-bond donors (Lipinski definition) is 1. The maximum atomic E-state index is 11.9. The zero-order valence-corrected chi connectivity index (χ0v) is 10.9.